The van der Waals surface area contributed by atoms with Crippen LogP contribution < -0.4 is 14.6 Å². The highest BCUT2D eigenvalue weighted by atomic mass is 35.5. The third kappa shape index (κ3) is 7.05. The second-order valence-electron chi connectivity index (χ2n) is 9.58. The van der Waals surface area contributed by atoms with Gasteiger partial charge in [0.25, 0.3) is 0 Å². The van der Waals surface area contributed by atoms with Crippen LogP contribution >= 0.6 is 23.5 Å². The van der Waals surface area contributed by atoms with E-state index in [4.69, 9.17) is 26.8 Å². The highest BCUT2D eigenvalue weighted by Crippen LogP contribution is 2.36. The molecular weight excluding hydrogens is 581 g/mol. The van der Waals surface area contributed by atoms with Crippen molar-refractivity contribution in [1.29, 1.82) is 0 Å². The Hall–Kier alpha value is -2.90. The molecule has 1 aliphatic heterocycles. The topological polar surface area (TPSA) is 95.1 Å². The van der Waals surface area contributed by atoms with Gasteiger partial charge in [0.05, 0.1) is 29.9 Å². The van der Waals surface area contributed by atoms with Crippen LogP contribution in [0.2, 0.25) is 5.02 Å². The van der Waals surface area contributed by atoms with Crippen molar-refractivity contribution in [3.8, 4) is 0 Å². The monoisotopic (exact) mass is 606 g/mol. The molecule has 0 aromatic heterocycles. The molecule has 0 amide bonds. The van der Waals surface area contributed by atoms with Gasteiger partial charge in [0, 0.05) is 15.8 Å². The van der Waals surface area contributed by atoms with Crippen molar-refractivity contribution < 1.29 is 17.4 Å². The molecule has 2 unspecified atom stereocenters. The minimum atomic E-state index is -4.41. The van der Waals surface area contributed by atoms with Gasteiger partial charge in [0.1, 0.15) is 0 Å². The molecular formula is C27H26ClF3N6OS2. The molecule has 5 rings (SSSR count). The SMILES string of the molecule is NS(=O)NC1(CN=C(NSc2ccc(C(F)(F)F)cc2)N2CC(c3ccccc3)C(c3ccc(Cl)cc3)=N2)CC1. The second kappa shape index (κ2) is 11.9. The number of alkyl halides is 3. The summed E-state index contributed by atoms with van der Waals surface area (Å²) in [6, 6.07) is 22.3. The van der Waals surface area contributed by atoms with E-state index >= 15 is 0 Å². The Bertz CT molecular complexity index is 1410. The number of hydrogen-bond acceptors (Lipinski definition) is 4. The molecule has 4 N–H and O–H groups in total. The van der Waals surface area contributed by atoms with Gasteiger partial charge in [-0.25, -0.2) is 24.1 Å². The number of hydrogen-bond donors (Lipinski definition) is 3. The van der Waals surface area contributed by atoms with E-state index in [9.17, 15) is 17.4 Å². The average molecular weight is 607 g/mol. The van der Waals surface area contributed by atoms with Gasteiger partial charge < -0.3 is 0 Å². The highest BCUT2D eigenvalue weighted by Gasteiger charge is 2.44. The van der Waals surface area contributed by atoms with E-state index in [1.807, 2.05) is 54.6 Å². The first kappa shape index (κ1) is 28.6. The number of benzene rings is 3. The van der Waals surface area contributed by atoms with E-state index in [0.717, 1.165) is 53.8 Å². The number of nitrogens with one attached hydrogen (secondary N) is 2. The molecule has 2 atom stereocenters. The van der Waals surface area contributed by atoms with Crippen LogP contribution in [0.1, 0.15) is 35.4 Å². The molecule has 0 bridgehead atoms. The van der Waals surface area contributed by atoms with Crippen LogP contribution in [0.5, 0.6) is 0 Å². The summed E-state index contributed by atoms with van der Waals surface area (Å²) >= 11 is 5.58. The molecule has 2 aliphatic rings. The molecule has 3 aromatic rings. The van der Waals surface area contributed by atoms with Crippen LogP contribution in [-0.2, 0) is 17.3 Å². The van der Waals surface area contributed by atoms with Crippen LogP contribution in [0.4, 0.5) is 13.2 Å². The second-order valence-corrected chi connectivity index (χ2v) is 11.7. The quantitative estimate of drug-likeness (QED) is 0.180. The van der Waals surface area contributed by atoms with Crippen molar-refractivity contribution in [1.82, 2.24) is 14.5 Å². The molecule has 1 saturated carbocycles. The molecule has 13 heteroatoms. The Morgan fingerprint density at radius 3 is 2.38 bits per heavy atom. The van der Waals surface area contributed by atoms with E-state index in [2.05, 4.69) is 9.44 Å². The predicted octanol–water partition coefficient (Wildman–Crippen LogP) is 5.47. The largest absolute Gasteiger partial charge is 0.416 e. The summed E-state index contributed by atoms with van der Waals surface area (Å²) in [7, 11) is 0. The van der Waals surface area contributed by atoms with Gasteiger partial charge in [0.15, 0.2) is 11.2 Å². The molecule has 0 saturated heterocycles. The standard InChI is InChI=1S/C27H26ClF3N6OS2/c28-21-10-6-19(7-11-21)24-23(18-4-2-1-3-5-18)16-37(34-24)25(33-17-26(14-15-26)36-40(32)38)35-39-22-12-8-20(9-13-22)27(29,30)31/h1-13,23,36H,14-17,32H2,(H,33,35). The van der Waals surface area contributed by atoms with E-state index < -0.39 is 28.5 Å². The van der Waals surface area contributed by atoms with Crippen molar-refractivity contribution in [2.45, 2.75) is 35.4 Å². The zero-order valence-electron chi connectivity index (χ0n) is 21.1. The van der Waals surface area contributed by atoms with E-state index in [0.29, 0.717) is 29.0 Å². The van der Waals surface area contributed by atoms with E-state index in [1.165, 1.54) is 12.1 Å². The summed E-state index contributed by atoms with van der Waals surface area (Å²) in [6.07, 6.45) is -2.87. The zero-order chi connectivity index (χ0) is 28.3. The number of rotatable bonds is 8. The molecule has 3 aromatic carbocycles. The van der Waals surface area contributed by atoms with Crippen LogP contribution in [0.3, 0.4) is 0 Å². The molecule has 1 fully saturated rings. The lowest BCUT2D eigenvalue weighted by Crippen LogP contribution is -2.41. The predicted molar refractivity (Wildman–Crippen MR) is 154 cm³/mol. The minimum Gasteiger partial charge on any atom is -0.295 e. The Morgan fingerprint density at radius 1 is 1.10 bits per heavy atom. The Morgan fingerprint density at radius 2 is 1.77 bits per heavy atom. The molecule has 40 heavy (non-hydrogen) atoms. The van der Waals surface area contributed by atoms with Crippen LogP contribution in [-0.4, -0.2) is 39.5 Å². The zero-order valence-corrected chi connectivity index (χ0v) is 23.5. The Balaban J connectivity index is 1.44. The Kier molecular flexibility index (Phi) is 8.52. The maximum atomic E-state index is 13.0. The van der Waals surface area contributed by atoms with Crippen molar-refractivity contribution in [3.05, 3.63) is 101 Å². The molecule has 1 heterocycles. The fraction of sp³-hybridized carbons (Fsp3) is 0.259. The first-order valence-corrected chi connectivity index (χ1v) is 14.8. The van der Waals surface area contributed by atoms with Crippen LogP contribution in [0.25, 0.3) is 0 Å². The van der Waals surface area contributed by atoms with Crippen molar-refractivity contribution in [3.63, 3.8) is 0 Å². The van der Waals surface area contributed by atoms with Gasteiger partial charge in [0.2, 0.25) is 5.96 Å². The van der Waals surface area contributed by atoms with E-state index in [1.54, 1.807) is 5.01 Å². The number of nitrogens with zero attached hydrogens (tertiary/aromatic N) is 3. The summed E-state index contributed by atoms with van der Waals surface area (Å²) in [4.78, 5) is 5.36. The number of hydrazone groups is 1. The lowest BCUT2D eigenvalue weighted by Gasteiger charge is -2.21. The molecule has 210 valence electrons. The van der Waals surface area contributed by atoms with Crippen molar-refractivity contribution in [2.24, 2.45) is 15.2 Å². The average Bonchev–Trinajstić information content (AvgIpc) is 3.54. The number of nitrogens with two attached hydrogens (primary N) is 1. The Labute approximate surface area is 241 Å². The first-order chi connectivity index (χ1) is 19.1. The smallest absolute Gasteiger partial charge is 0.295 e. The summed E-state index contributed by atoms with van der Waals surface area (Å²) in [5.41, 5.74) is 1.64. The summed E-state index contributed by atoms with van der Waals surface area (Å²) < 4.78 is 56.7. The maximum absolute atomic E-state index is 13.0. The van der Waals surface area contributed by atoms with Crippen molar-refractivity contribution in [2.75, 3.05) is 13.1 Å². The van der Waals surface area contributed by atoms with Crippen LogP contribution in [0, 0.1) is 0 Å². The van der Waals surface area contributed by atoms with Gasteiger partial charge in [-0.3, -0.25) is 4.72 Å². The van der Waals surface area contributed by atoms with Gasteiger partial charge in [-0.2, -0.15) is 18.3 Å². The van der Waals surface area contributed by atoms with Crippen LogP contribution in [0.15, 0.2) is 93.9 Å². The number of guanidine groups is 1. The molecule has 0 radical (unpaired) electrons. The summed E-state index contributed by atoms with van der Waals surface area (Å²) in [5, 5.41) is 12.8. The fourth-order valence-corrected chi connectivity index (χ4v) is 5.80. The molecule has 1 aliphatic carbocycles. The third-order valence-corrected chi connectivity index (χ3v) is 8.32. The summed E-state index contributed by atoms with van der Waals surface area (Å²) in [5.74, 6) is 0.348. The van der Waals surface area contributed by atoms with E-state index in [-0.39, 0.29) is 5.92 Å². The van der Waals surface area contributed by atoms with Gasteiger partial charge in [-0.05, 0) is 72.3 Å². The third-order valence-electron chi connectivity index (χ3n) is 6.64. The van der Waals surface area contributed by atoms with Gasteiger partial charge >= 0.3 is 6.18 Å². The maximum Gasteiger partial charge on any atom is 0.416 e. The minimum absolute atomic E-state index is 0.0741. The number of halogens is 4. The molecule has 7 nitrogen and oxygen atoms in total. The molecule has 0 spiro atoms. The number of aliphatic imine (C=N–C) groups is 1. The fourth-order valence-electron chi connectivity index (χ4n) is 4.33. The van der Waals surface area contributed by atoms with Crippen molar-refractivity contribution >= 4 is 46.4 Å². The highest BCUT2D eigenvalue weighted by molar-refractivity contribution is 7.98. The summed E-state index contributed by atoms with van der Waals surface area (Å²) in [6.45, 7) is 0.773. The lowest BCUT2D eigenvalue weighted by atomic mass is 9.91. The van der Waals surface area contributed by atoms with Gasteiger partial charge in [-0.1, -0.05) is 54.1 Å². The first-order valence-electron chi connectivity index (χ1n) is 12.4. The lowest BCUT2D eigenvalue weighted by molar-refractivity contribution is -0.137. The normalized spacial score (nSPS) is 19.3. The van der Waals surface area contributed by atoms with Gasteiger partial charge in [-0.15, -0.1) is 0 Å².